The van der Waals surface area contributed by atoms with Crippen molar-refractivity contribution in [2.45, 2.75) is 12.5 Å². The van der Waals surface area contributed by atoms with Crippen molar-refractivity contribution in [3.8, 4) is 0 Å². The molecule has 0 bridgehead atoms. The number of carbonyl (C=O) groups excluding carboxylic acids is 3. The second-order valence-electron chi connectivity index (χ2n) is 4.58. The van der Waals surface area contributed by atoms with Crippen LogP contribution in [0.4, 0.5) is 4.79 Å². The third-order valence-corrected chi connectivity index (χ3v) is 3.24. The zero-order chi connectivity index (χ0) is 16.1. The number of methoxy groups -OCH3 is 2. The molecule has 1 aliphatic heterocycles. The molecule has 1 aromatic rings. The molecule has 116 valence electrons. The maximum Gasteiger partial charge on any atom is 0.337 e. The van der Waals surface area contributed by atoms with E-state index in [0.29, 0.717) is 5.56 Å². The standard InChI is InChI=1S/C15H16N2O5/c1-21-11(18)8-10-12(14(19)22-2)13(17-15(20)16-10)9-6-4-3-5-7-9/h3-7,13H,8H2,1-2H3,(H2,16,17,20)/t13-/m0/s1. The van der Waals surface area contributed by atoms with Crippen LogP contribution < -0.4 is 10.6 Å². The van der Waals surface area contributed by atoms with Crippen molar-refractivity contribution in [3.63, 3.8) is 0 Å². The van der Waals surface area contributed by atoms with Gasteiger partial charge in [-0.1, -0.05) is 30.3 Å². The molecule has 0 saturated carbocycles. The molecule has 22 heavy (non-hydrogen) atoms. The molecule has 1 heterocycles. The van der Waals surface area contributed by atoms with Gasteiger partial charge < -0.3 is 20.1 Å². The number of amides is 2. The van der Waals surface area contributed by atoms with Crippen molar-refractivity contribution in [2.75, 3.05) is 14.2 Å². The normalized spacial score (nSPS) is 17.4. The molecule has 2 amide bonds. The smallest absolute Gasteiger partial charge is 0.337 e. The molecule has 2 N–H and O–H groups in total. The largest absolute Gasteiger partial charge is 0.469 e. The van der Waals surface area contributed by atoms with E-state index in [1.165, 1.54) is 14.2 Å². The second kappa shape index (κ2) is 6.75. The van der Waals surface area contributed by atoms with Crippen molar-refractivity contribution in [3.05, 3.63) is 47.2 Å². The fourth-order valence-corrected chi connectivity index (χ4v) is 2.22. The van der Waals surface area contributed by atoms with Crippen LogP contribution in [0.25, 0.3) is 0 Å². The lowest BCUT2D eigenvalue weighted by Gasteiger charge is -2.28. The fourth-order valence-electron chi connectivity index (χ4n) is 2.22. The summed E-state index contributed by atoms with van der Waals surface area (Å²) in [5, 5.41) is 5.13. The zero-order valence-electron chi connectivity index (χ0n) is 12.2. The Kier molecular flexibility index (Phi) is 4.77. The van der Waals surface area contributed by atoms with Crippen LogP contribution in [0, 0.1) is 0 Å². The summed E-state index contributed by atoms with van der Waals surface area (Å²) in [4.78, 5) is 35.4. The van der Waals surface area contributed by atoms with Crippen LogP contribution in [-0.2, 0) is 19.1 Å². The predicted molar refractivity (Wildman–Crippen MR) is 76.5 cm³/mol. The summed E-state index contributed by atoms with van der Waals surface area (Å²) in [6, 6.07) is 7.76. The van der Waals surface area contributed by atoms with Gasteiger partial charge in [0.15, 0.2) is 0 Å². The number of carbonyl (C=O) groups is 3. The molecule has 0 spiro atoms. The Morgan fingerprint density at radius 3 is 2.41 bits per heavy atom. The van der Waals surface area contributed by atoms with E-state index in [2.05, 4.69) is 15.4 Å². The number of nitrogens with one attached hydrogen (secondary N) is 2. The highest BCUT2D eigenvalue weighted by Crippen LogP contribution is 2.28. The molecular weight excluding hydrogens is 288 g/mol. The van der Waals surface area contributed by atoms with E-state index in [1.807, 2.05) is 6.07 Å². The van der Waals surface area contributed by atoms with Gasteiger partial charge in [-0.3, -0.25) is 4.79 Å². The highest BCUT2D eigenvalue weighted by atomic mass is 16.5. The molecule has 0 aromatic heterocycles. The Bertz CT molecular complexity index is 624. The van der Waals surface area contributed by atoms with Crippen molar-refractivity contribution in [1.29, 1.82) is 0 Å². The highest BCUT2D eigenvalue weighted by Gasteiger charge is 2.34. The predicted octanol–water partition coefficient (Wildman–Crippen LogP) is 1.03. The molecule has 0 saturated heterocycles. The molecule has 0 unspecified atom stereocenters. The first kappa shape index (κ1) is 15.6. The van der Waals surface area contributed by atoms with Gasteiger partial charge in [0, 0.05) is 5.70 Å². The van der Waals surface area contributed by atoms with E-state index < -0.39 is 24.0 Å². The Morgan fingerprint density at radius 1 is 1.14 bits per heavy atom. The molecule has 7 heteroatoms. The van der Waals surface area contributed by atoms with E-state index in [-0.39, 0.29) is 17.7 Å². The van der Waals surface area contributed by atoms with Gasteiger partial charge in [-0.25, -0.2) is 9.59 Å². The van der Waals surface area contributed by atoms with Crippen molar-refractivity contribution in [1.82, 2.24) is 10.6 Å². The summed E-state index contributed by atoms with van der Waals surface area (Å²) in [7, 11) is 2.47. The quantitative estimate of drug-likeness (QED) is 0.810. The first-order valence-electron chi connectivity index (χ1n) is 6.57. The van der Waals surface area contributed by atoms with Crippen molar-refractivity contribution >= 4 is 18.0 Å². The van der Waals surface area contributed by atoms with E-state index in [4.69, 9.17) is 4.74 Å². The van der Waals surface area contributed by atoms with Crippen LogP contribution in [-0.4, -0.2) is 32.2 Å². The summed E-state index contributed by atoms with van der Waals surface area (Å²) >= 11 is 0. The van der Waals surface area contributed by atoms with Gasteiger partial charge >= 0.3 is 18.0 Å². The molecule has 2 rings (SSSR count). The van der Waals surface area contributed by atoms with Gasteiger partial charge in [0.05, 0.1) is 32.3 Å². The SMILES string of the molecule is COC(=O)CC1=C(C(=O)OC)[C@H](c2ccccc2)NC(=O)N1. The van der Waals surface area contributed by atoms with E-state index in [0.717, 1.165) is 0 Å². The number of urea groups is 1. The summed E-state index contributed by atoms with van der Waals surface area (Å²) < 4.78 is 9.38. The molecular formula is C15H16N2O5. The van der Waals surface area contributed by atoms with Crippen LogP contribution >= 0.6 is 0 Å². The Hall–Kier alpha value is -2.83. The van der Waals surface area contributed by atoms with E-state index >= 15 is 0 Å². The van der Waals surface area contributed by atoms with Crippen LogP contribution in [0.2, 0.25) is 0 Å². The minimum absolute atomic E-state index is 0.177. The highest BCUT2D eigenvalue weighted by molar-refractivity contribution is 5.96. The van der Waals surface area contributed by atoms with Gasteiger partial charge in [0.2, 0.25) is 0 Å². The lowest BCUT2D eigenvalue weighted by atomic mass is 9.94. The molecule has 0 aliphatic carbocycles. The minimum Gasteiger partial charge on any atom is -0.469 e. The molecule has 1 atom stereocenters. The van der Waals surface area contributed by atoms with Gasteiger partial charge in [-0.05, 0) is 5.56 Å². The average molecular weight is 304 g/mol. The minimum atomic E-state index is -0.693. The van der Waals surface area contributed by atoms with Gasteiger partial charge in [0.25, 0.3) is 0 Å². The molecule has 0 radical (unpaired) electrons. The Balaban J connectivity index is 2.50. The van der Waals surface area contributed by atoms with Crippen LogP contribution in [0.3, 0.4) is 0 Å². The maximum absolute atomic E-state index is 12.1. The third-order valence-electron chi connectivity index (χ3n) is 3.24. The molecule has 1 aromatic carbocycles. The first-order valence-corrected chi connectivity index (χ1v) is 6.57. The van der Waals surface area contributed by atoms with Crippen molar-refractivity contribution < 1.29 is 23.9 Å². The van der Waals surface area contributed by atoms with E-state index in [9.17, 15) is 14.4 Å². The zero-order valence-corrected chi connectivity index (χ0v) is 12.2. The van der Waals surface area contributed by atoms with Gasteiger partial charge in [-0.2, -0.15) is 0 Å². The van der Waals surface area contributed by atoms with Crippen LogP contribution in [0.5, 0.6) is 0 Å². The lowest BCUT2D eigenvalue weighted by Crippen LogP contribution is -2.46. The van der Waals surface area contributed by atoms with E-state index in [1.54, 1.807) is 24.3 Å². The summed E-state index contributed by atoms with van der Waals surface area (Å²) in [5.41, 5.74) is 1.06. The molecule has 7 nitrogen and oxygen atoms in total. The summed E-state index contributed by atoms with van der Waals surface area (Å²) in [6.45, 7) is 0. The Morgan fingerprint density at radius 2 is 1.82 bits per heavy atom. The van der Waals surface area contributed by atoms with Crippen LogP contribution in [0.1, 0.15) is 18.0 Å². The second-order valence-corrected chi connectivity index (χ2v) is 4.58. The maximum atomic E-state index is 12.1. The average Bonchev–Trinajstić information content (AvgIpc) is 2.54. The van der Waals surface area contributed by atoms with Gasteiger partial charge in [-0.15, -0.1) is 0 Å². The summed E-state index contributed by atoms with van der Waals surface area (Å²) in [5.74, 6) is -1.19. The lowest BCUT2D eigenvalue weighted by molar-refractivity contribution is -0.139. The number of esters is 2. The number of hydrogen-bond donors (Lipinski definition) is 2. The third kappa shape index (κ3) is 3.25. The Labute approximate surface area is 127 Å². The van der Waals surface area contributed by atoms with Gasteiger partial charge in [0.1, 0.15) is 0 Å². The van der Waals surface area contributed by atoms with Crippen molar-refractivity contribution in [2.24, 2.45) is 0 Å². The topological polar surface area (TPSA) is 93.7 Å². The number of hydrogen-bond acceptors (Lipinski definition) is 5. The molecule has 0 fully saturated rings. The fraction of sp³-hybridized carbons (Fsp3) is 0.267. The van der Waals surface area contributed by atoms with Crippen LogP contribution in [0.15, 0.2) is 41.6 Å². The summed E-state index contributed by atoms with van der Waals surface area (Å²) in [6.07, 6.45) is -0.225. The number of ether oxygens (including phenoxy) is 2. The number of benzene rings is 1. The molecule has 1 aliphatic rings. The number of rotatable bonds is 4. The monoisotopic (exact) mass is 304 g/mol. The first-order chi connectivity index (χ1) is 10.6.